The van der Waals surface area contributed by atoms with Gasteiger partial charge in [-0.1, -0.05) is 48.0 Å². The third kappa shape index (κ3) is 6.45. The molecule has 1 N–H and O–H groups in total. The van der Waals surface area contributed by atoms with E-state index in [1.165, 1.54) is 5.56 Å². The van der Waals surface area contributed by atoms with Crippen molar-refractivity contribution in [3.8, 4) is 5.75 Å². The maximum absolute atomic E-state index is 12.6. The van der Waals surface area contributed by atoms with Gasteiger partial charge in [0, 0.05) is 22.5 Å². The fourth-order valence-electron chi connectivity index (χ4n) is 3.62. The number of ether oxygens (including phenoxy) is 1. The largest absolute Gasteiger partial charge is 0.493 e. The van der Waals surface area contributed by atoms with Crippen molar-refractivity contribution in [3.05, 3.63) is 112 Å². The smallest absolute Gasteiger partial charge is 0.272 e. The molecule has 0 aliphatic heterocycles. The van der Waals surface area contributed by atoms with Crippen molar-refractivity contribution < 1.29 is 9.53 Å². The molecule has 0 unspecified atom stereocenters. The Morgan fingerprint density at radius 3 is 2.68 bits per heavy atom. The van der Waals surface area contributed by atoms with E-state index < -0.39 is 0 Å². The molecule has 0 spiro atoms. The van der Waals surface area contributed by atoms with E-state index in [0.29, 0.717) is 30.4 Å². The summed E-state index contributed by atoms with van der Waals surface area (Å²) >= 11 is 6.26. The highest BCUT2D eigenvalue weighted by atomic mass is 35.5. The number of carbonyl (C=O) groups is 1. The predicted molar refractivity (Wildman–Crippen MR) is 133 cm³/mol. The van der Waals surface area contributed by atoms with Crippen LogP contribution in [0.4, 0.5) is 0 Å². The summed E-state index contributed by atoms with van der Waals surface area (Å²) in [6, 6.07) is 23.3. The van der Waals surface area contributed by atoms with Gasteiger partial charge in [-0.15, -0.1) is 0 Å². The first-order valence-corrected chi connectivity index (χ1v) is 11.6. The lowest BCUT2D eigenvalue weighted by atomic mass is 10.1. The Balaban J connectivity index is 1.38. The third-order valence-electron chi connectivity index (χ3n) is 5.42. The molecule has 4 rings (SSSR count). The van der Waals surface area contributed by atoms with E-state index >= 15 is 0 Å². The van der Waals surface area contributed by atoms with Crippen LogP contribution in [0.15, 0.2) is 79.0 Å². The molecule has 0 saturated carbocycles. The van der Waals surface area contributed by atoms with Gasteiger partial charge in [0.1, 0.15) is 11.4 Å². The van der Waals surface area contributed by atoms with Gasteiger partial charge < -0.3 is 10.1 Å². The summed E-state index contributed by atoms with van der Waals surface area (Å²) in [5.41, 5.74) is 4.24. The Morgan fingerprint density at radius 2 is 1.88 bits per heavy atom. The summed E-state index contributed by atoms with van der Waals surface area (Å²) < 4.78 is 7.87. The Labute approximate surface area is 204 Å². The van der Waals surface area contributed by atoms with Gasteiger partial charge in [-0.05, 0) is 61.7 Å². The minimum atomic E-state index is -0.240. The first-order chi connectivity index (χ1) is 16.6. The van der Waals surface area contributed by atoms with Gasteiger partial charge in [0.2, 0.25) is 0 Å². The normalized spacial score (nSPS) is 10.8. The molecular weight excluding hydrogens is 448 g/mol. The monoisotopic (exact) mass is 474 g/mol. The molecule has 2 aromatic heterocycles. The number of rotatable bonds is 10. The van der Waals surface area contributed by atoms with Crippen molar-refractivity contribution in [2.75, 3.05) is 6.61 Å². The number of benzene rings is 2. The molecular formula is C27H27ClN4O2. The van der Waals surface area contributed by atoms with Crippen LogP contribution in [0, 0.1) is 6.92 Å². The van der Waals surface area contributed by atoms with Crippen LogP contribution in [0.1, 0.15) is 39.4 Å². The number of halogens is 1. The molecule has 34 heavy (non-hydrogen) atoms. The molecule has 0 aliphatic rings. The molecule has 0 fully saturated rings. The number of nitrogens with one attached hydrogen (secondary N) is 1. The lowest BCUT2D eigenvalue weighted by molar-refractivity contribution is 0.0944. The average Bonchev–Trinajstić information content (AvgIpc) is 3.23. The van der Waals surface area contributed by atoms with Gasteiger partial charge >= 0.3 is 0 Å². The molecule has 6 nitrogen and oxygen atoms in total. The molecule has 1 amide bonds. The Bertz CT molecular complexity index is 1230. The predicted octanol–water partition coefficient (Wildman–Crippen LogP) is 5.23. The minimum Gasteiger partial charge on any atom is -0.493 e. The fraction of sp³-hybridized carbons (Fsp3) is 0.222. The molecule has 2 aromatic carbocycles. The van der Waals surface area contributed by atoms with E-state index in [9.17, 15) is 4.79 Å². The number of pyridine rings is 1. The van der Waals surface area contributed by atoms with E-state index in [1.54, 1.807) is 16.9 Å². The number of aromatic nitrogens is 3. The van der Waals surface area contributed by atoms with Gasteiger partial charge in [0.25, 0.3) is 5.91 Å². The first kappa shape index (κ1) is 23.5. The standard InChI is InChI=1S/C27H27ClN4O2/c1-20-16-25(27(33)30-18-24-11-5-6-14-29-24)31-32(20)19-22-17-23(28)12-13-26(22)34-15-7-10-21-8-3-2-4-9-21/h2-6,8-9,11-14,16-17H,7,10,15,18-19H2,1H3,(H,30,33). The fourth-order valence-corrected chi connectivity index (χ4v) is 3.82. The minimum absolute atomic E-state index is 0.240. The van der Waals surface area contributed by atoms with Crippen LogP contribution in [-0.4, -0.2) is 27.3 Å². The molecule has 0 saturated heterocycles. The highest BCUT2D eigenvalue weighted by Gasteiger charge is 2.14. The van der Waals surface area contributed by atoms with Crippen molar-refractivity contribution in [3.63, 3.8) is 0 Å². The van der Waals surface area contributed by atoms with Crippen molar-refractivity contribution in [2.45, 2.75) is 32.9 Å². The third-order valence-corrected chi connectivity index (χ3v) is 5.66. The summed E-state index contributed by atoms with van der Waals surface area (Å²) in [6.45, 7) is 3.32. The first-order valence-electron chi connectivity index (χ1n) is 11.3. The molecule has 0 aliphatic carbocycles. The highest BCUT2D eigenvalue weighted by Crippen LogP contribution is 2.25. The lowest BCUT2D eigenvalue weighted by Crippen LogP contribution is -2.24. The summed E-state index contributed by atoms with van der Waals surface area (Å²) in [5, 5.41) is 8.00. The maximum atomic E-state index is 12.6. The molecule has 0 atom stereocenters. The maximum Gasteiger partial charge on any atom is 0.272 e. The Kier molecular flexibility index (Phi) is 7.94. The van der Waals surface area contributed by atoms with Crippen LogP contribution in [0.5, 0.6) is 5.75 Å². The Hall–Kier alpha value is -3.64. The molecule has 7 heteroatoms. The number of amides is 1. The number of hydrogen-bond donors (Lipinski definition) is 1. The zero-order valence-electron chi connectivity index (χ0n) is 19.1. The number of hydrogen-bond acceptors (Lipinski definition) is 4. The summed E-state index contributed by atoms with van der Waals surface area (Å²) in [4.78, 5) is 16.8. The summed E-state index contributed by atoms with van der Waals surface area (Å²) in [7, 11) is 0. The SMILES string of the molecule is Cc1cc(C(=O)NCc2ccccn2)nn1Cc1cc(Cl)ccc1OCCCc1ccccc1. The molecule has 2 heterocycles. The van der Waals surface area contributed by atoms with E-state index in [2.05, 4.69) is 27.5 Å². The van der Waals surface area contributed by atoms with Gasteiger partial charge in [-0.3, -0.25) is 14.5 Å². The second kappa shape index (κ2) is 11.5. The molecule has 0 bridgehead atoms. The van der Waals surface area contributed by atoms with Gasteiger partial charge in [0.15, 0.2) is 0 Å². The second-order valence-electron chi connectivity index (χ2n) is 8.02. The van der Waals surface area contributed by atoms with Crippen molar-refractivity contribution in [1.82, 2.24) is 20.1 Å². The molecule has 174 valence electrons. The average molecular weight is 475 g/mol. The zero-order chi connectivity index (χ0) is 23.8. The van der Waals surface area contributed by atoms with Crippen LogP contribution in [0.2, 0.25) is 5.02 Å². The van der Waals surface area contributed by atoms with Crippen molar-refractivity contribution >= 4 is 17.5 Å². The summed E-state index contributed by atoms with van der Waals surface area (Å²) in [5.74, 6) is 0.532. The topological polar surface area (TPSA) is 69.0 Å². The van der Waals surface area contributed by atoms with Crippen LogP contribution < -0.4 is 10.1 Å². The number of aryl methyl sites for hydroxylation is 2. The molecule has 0 radical (unpaired) electrons. The lowest BCUT2D eigenvalue weighted by Gasteiger charge is -2.13. The van der Waals surface area contributed by atoms with E-state index in [4.69, 9.17) is 16.3 Å². The van der Waals surface area contributed by atoms with Crippen molar-refractivity contribution in [2.24, 2.45) is 0 Å². The van der Waals surface area contributed by atoms with Crippen LogP contribution >= 0.6 is 11.6 Å². The van der Waals surface area contributed by atoms with E-state index in [-0.39, 0.29) is 5.91 Å². The molecule has 4 aromatic rings. The van der Waals surface area contributed by atoms with Crippen molar-refractivity contribution in [1.29, 1.82) is 0 Å². The number of nitrogens with zero attached hydrogens (tertiary/aromatic N) is 3. The zero-order valence-corrected chi connectivity index (χ0v) is 19.8. The quantitative estimate of drug-likeness (QED) is 0.319. The van der Waals surface area contributed by atoms with E-state index in [1.807, 2.05) is 61.5 Å². The van der Waals surface area contributed by atoms with Gasteiger partial charge in [0.05, 0.1) is 25.4 Å². The van der Waals surface area contributed by atoms with Crippen LogP contribution in [0.3, 0.4) is 0 Å². The van der Waals surface area contributed by atoms with E-state index in [0.717, 1.165) is 35.5 Å². The second-order valence-corrected chi connectivity index (χ2v) is 8.46. The van der Waals surface area contributed by atoms with Crippen LogP contribution in [0.25, 0.3) is 0 Å². The van der Waals surface area contributed by atoms with Crippen LogP contribution in [-0.2, 0) is 19.5 Å². The Morgan fingerprint density at radius 1 is 1.06 bits per heavy atom. The van der Waals surface area contributed by atoms with Gasteiger partial charge in [-0.25, -0.2) is 0 Å². The number of carbonyl (C=O) groups excluding carboxylic acids is 1. The summed E-state index contributed by atoms with van der Waals surface area (Å²) in [6.07, 6.45) is 3.57. The van der Waals surface area contributed by atoms with Gasteiger partial charge in [-0.2, -0.15) is 5.10 Å². The highest BCUT2D eigenvalue weighted by molar-refractivity contribution is 6.30.